The maximum atomic E-state index is 12.3. The van der Waals surface area contributed by atoms with Gasteiger partial charge in [0.2, 0.25) is 10.0 Å². The van der Waals surface area contributed by atoms with Gasteiger partial charge in [-0.3, -0.25) is 14.2 Å². The number of nitrogens with zero attached hydrogens (tertiary/aromatic N) is 1. The van der Waals surface area contributed by atoms with E-state index in [-0.39, 0.29) is 17.9 Å². The van der Waals surface area contributed by atoms with E-state index < -0.39 is 33.3 Å². The summed E-state index contributed by atoms with van der Waals surface area (Å²) in [5.74, 6) is -0.982. The second-order valence-corrected chi connectivity index (χ2v) is 6.96. The summed E-state index contributed by atoms with van der Waals surface area (Å²) in [4.78, 5) is 36.8. The van der Waals surface area contributed by atoms with Gasteiger partial charge in [0, 0.05) is 18.8 Å². The van der Waals surface area contributed by atoms with Crippen molar-refractivity contribution in [2.24, 2.45) is 0 Å². The molecule has 140 valence electrons. The van der Waals surface area contributed by atoms with Crippen molar-refractivity contribution in [1.82, 2.24) is 14.3 Å². The van der Waals surface area contributed by atoms with Crippen molar-refractivity contribution < 1.29 is 23.1 Å². The van der Waals surface area contributed by atoms with Crippen LogP contribution in [0.15, 0.2) is 51.0 Å². The maximum Gasteiger partial charge on any atom is 0.328 e. The van der Waals surface area contributed by atoms with E-state index in [0.717, 1.165) is 10.6 Å². The highest BCUT2D eigenvalue weighted by Gasteiger charge is 2.25. The number of nitrogens with one attached hydrogen (secondary N) is 2. The summed E-state index contributed by atoms with van der Waals surface area (Å²) in [5.41, 5.74) is -1.32. The van der Waals surface area contributed by atoms with Crippen molar-refractivity contribution in [3.05, 3.63) is 57.4 Å². The van der Waals surface area contributed by atoms with Gasteiger partial charge >= 0.3 is 11.7 Å². The SMILES string of the molecule is COc1ccc(S(=O)(=O)NC(CCn2c(=O)cc[nH]c2=O)C(=O)O)cc1. The lowest BCUT2D eigenvalue weighted by Crippen LogP contribution is -2.43. The van der Waals surface area contributed by atoms with Gasteiger partial charge in [-0.05, 0) is 30.7 Å². The van der Waals surface area contributed by atoms with E-state index in [1.165, 1.54) is 37.6 Å². The van der Waals surface area contributed by atoms with Gasteiger partial charge in [-0.25, -0.2) is 13.2 Å². The zero-order valence-corrected chi connectivity index (χ0v) is 14.5. The minimum atomic E-state index is -4.11. The minimum absolute atomic E-state index is 0.140. The zero-order chi connectivity index (χ0) is 19.3. The van der Waals surface area contributed by atoms with E-state index in [4.69, 9.17) is 4.74 Å². The molecule has 0 aliphatic heterocycles. The van der Waals surface area contributed by atoms with Gasteiger partial charge in [0.1, 0.15) is 11.8 Å². The molecule has 0 aliphatic rings. The van der Waals surface area contributed by atoms with Crippen LogP contribution in [0.2, 0.25) is 0 Å². The molecule has 1 aromatic carbocycles. The van der Waals surface area contributed by atoms with Crippen LogP contribution in [0.3, 0.4) is 0 Å². The summed E-state index contributed by atoms with van der Waals surface area (Å²) in [6.07, 6.45) is 0.875. The molecule has 0 spiro atoms. The smallest absolute Gasteiger partial charge is 0.328 e. The van der Waals surface area contributed by atoms with E-state index >= 15 is 0 Å². The number of sulfonamides is 1. The predicted octanol–water partition coefficient (Wildman–Crippen LogP) is -0.633. The second-order valence-electron chi connectivity index (χ2n) is 5.25. The number of aromatic amines is 1. The molecular weight excluding hydrogens is 366 g/mol. The number of hydrogen-bond donors (Lipinski definition) is 3. The molecular formula is C15H17N3O7S. The highest BCUT2D eigenvalue weighted by molar-refractivity contribution is 7.89. The van der Waals surface area contributed by atoms with E-state index in [2.05, 4.69) is 9.71 Å². The molecule has 11 heteroatoms. The fourth-order valence-corrected chi connectivity index (χ4v) is 3.39. The molecule has 1 atom stereocenters. The molecule has 0 saturated carbocycles. The molecule has 1 aromatic heterocycles. The van der Waals surface area contributed by atoms with Crippen LogP contribution in [-0.4, -0.2) is 42.2 Å². The van der Waals surface area contributed by atoms with Crippen molar-refractivity contribution in [1.29, 1.82) is 0 Å². The number of aliphatic carboxylic acids is 1. The zero-order valence-electron chi connectivity index (χ0n) is 13.7. The van der Waals surface area contributed by atoms with Gasteiger partial charge in [0.05, 0.1) is 12.0 Å². The topological polar surface area (TPSA) is 148 Å². The lowest BCUT2D eigenvalue weighted by molar-refractivity contribution is -0.139. The number of ether oxygens (including phenoxy) is 1. The average Bonchev–Trinajstić information content (AvgIpc) is 2.60. The van der Waals surface area contributed by atoms with Gasteiger partial charge in [0.15, 0.2) is 0 Å². The van der Waals surface area contributed by atoms with Crippen molar-refractivity contribution >= 4 is 16.0 Å². The Morgan fingerprint density at radius 3 is 2.46 bits per heavy atom. The highest BCUT2D eigenvalue weighted by atomic mass is 32.2. The number of benzene rings is 1. The second kappa shape index (κ2) is 7.97. The van der Waals surface area contributed by atoms with E-state index in [0.29, 0.717) is 5.75 Å². The largest absolute Gasteiger partial charge is 0.497 e. The Labute approximate surface area is 148 Å². The van der Waals surface area contributed by atoms with Crippen LogP contribution in [0.4, 0.5) is 0 Å². The molecule has 1 unspecified atom stereocenters. The molecule has 0 bridgehead atoms. The summed E-state index contributed by atoms with van der Waals surface area (Å²) in [6, 6.07) is 4.98. The highest BCUT2D eigenvalue weighted by Crippen LogP contribution is 2.16. The van der Waals surface area contributed by atoms with Gasteiger partial charge in [-0.1, -0.05) is 0 Å². The summed E-state index contributed by atoms with van der Waals surface area (Å²) in [5, 5.41) is 9.26. The summed E-state index contributed by atoms with van der Waals surface area (Å²) >= 11 is 0. The Hall–Kier alpha value is -2.92. The molecule has 0 fully saturated rings. The number of carbonyl (C=O) groups is 1. The Morgan fingerprint density at radius 1 is 1.27 bits per heavy atom. The number of carboxylic acids is 1. The normalized spacial score (nSPS) is 12.5. The van der Waals surface area contributed by atoms with Crippen LogP contribution < -0.4 is 20.7 Å². The molecule has 0 radical (unpaired) electrons. The predicted molar refractivity (Wildman–Crippen MR) is 90.7 cm³/mol. The standard InChI is InChI=1S/C15H17N3O7S/c1-25-10-2-4-11(5-3-10)26(23,24)17-12(14(20)21)7-9-18-13(19)6-8-16-15(18)22/h2-6,8,12,17H,7,9H2,1H3,(H,16,22)(H,20,21). The first-order valence-electron chi connectivity index (χ1n) is 7.42. The summed E-state index contributed by atoms with van der Waals surface area (Å²) < 4.78 is 32.5. The van der Waals surface area contributed by atoms with Crippen molar-refractivity contribution in [2.75, 3.05) is 7.11 Å². The van der Waals surface area contributed by atoms with Crippen LogP contribution in [0.1, 0.15) is 6.42 Å². The molecule has 3 N–H and O–H groups in total. The maximum absolute atomic E-state index is 12.3. The molecule has 2 aromatic rings. The third-order valence-electron chi connectivity index (χ3n) is 3.55. The number of H-pyrrole nitrogens is 1. The number of methoxy groups -OCH3 is 1. The third kappa shape index (κ3) is 4.58. The fraction of sp³-hybridized carbons (Fsp3) is 0.267. The molecule has 0 aliphatic carbocycles. The molecule has 10 nitrogen and oxygen atoms in total. The number of hydrogen-bond acceptors (Lipinski definition) is 6. The lowest BCUT2D eigenvalue weighted by Gasteiger charge is -2.15. The van der Waals surface area contributed by atoms with Crippen molar-refractivity contribution in [3.63, 3.8) is 0 Å². The van der Waals surface area contributed by atoms with Crippen LogP contribution >= 0.6 is 0 Å². The Bertz CT molecular complexity index is 965. The molecule has 0 amide bonds. The number of aromatic nitrogens is 2. The van der Waals surface area contributed by atoms with Crippen molar-refractivity contribution in [3.8, 4) is 5.75 Å². The van der Waals surface area contributed by atoms with Crippen LogP contribution in [-0.2, 0) is 21.4 Å². The van der Waals surface area contributed by atoms with Gasteiger partial charge in [-0.2, -0.15) is 4.72 Å². The quantitative estimate of drug-likeness (QED) is 0.549. The third-order valence-corrected chi connectivity index (χ3v) is 5.04. The Balaban J connectivity index is 2.18. The van der Waals surface area contributed by atoms with Gasteiger partial charge in [0.25, 0.3) is 5.56 Å². The van der Waals surface area contributed by atoms with E-state index in [9.17, 15) is 27.9 Å². The minimum Gasteiger partial charge on any atom is -0.497 e. The monoisotopic (exact) mass is 383 g/mol. The number of rotatable bonds is 8. The summed E-state index contributed by atoms with van der Waals surface area (Å²) in [6.45, 7) is -0.267. The fourth-order valence-electron chi connectivity index (χ4n) is 2.17. The van der Waals surface area contributed by atoms with E-state index in [1.807, 2.05) is 0 Å². The van der Waals surface area contributed by atoms with Crippen LogP contribution in [0, 0.1) is 0 Å². The molecule has 26 heavy (non-hydrogen) atoms. The lowest BCUT2D eigenvalue weighted by atomic mass is 10.2. The van der Waals surface area contributed by atoms with Crippen LogP contribution in [0.5, 0.6) is 5.75 Å². The van der Waals surface area contributed by atoms with Gasteiger partial charge < -0.3 is 14.8 Å². The average molecular weight is 383 g/mol. The first-order chi connectivity index (χ1) is 12.2. The first kappa shape index (κ1) is 19.4. The van der Waals surface area contributed by atoms with E-state index in [1.54, 1.807) is 0 Å². The summed E-state index contributed by atoms with van der Waals surface area (Å²) in [7, 11) is -2.69. The van der Waals surface area contributed by atoms with Crippen molar-refractivity contribution in [2.45, 2.75) is 23.9 Å². The molecule has 1 heterocycles. The Kier molecular flexibility index (Phi) is 5.95. The molecule has 0 saturated heterocycles. The number of carboxylic acid groups (broad SMARTS) is 1. The van der Waals surface area contributed by atoms with Gasteiger partial charge in [-0.15, -0.1) is 0 Å². The first-order valence-corrected chi connectivity index (χ1v) is 8.90. The Morgan fingerprint density at radius 2 is 1.92 bits per heavy atom. The van der Waals surface area contributed by atoms with Crippen LogP contribution in [0.25, 0.3) is 0 Å². The molecule has 2 rings (SSSR count).